The van der Waals surface area contributed by atoms with Crippen LogP contribution < -0.4 is 5.32 Å². The second kappa shape index (κ2) is 4.42. The largest absolute Gasteiger partial charge is 0.357 e. The maximum Gasteiger partial charge on any atom is 0.184 e. The van der Waals surface area contributed by atoms with Crippen molar-refractivity contribution in [2.24, 2.45) is 7.05 Å². The maximum atomic E-state index is 4.61. The summed E-state index contributed by atoms with van der Waals surface area (Å²) in [6.07, 6.45) is 3.87. The van der Waals surface area contributed by atoms with Crippen LogP contribution in [-0.2, 0) is 13.6 Å². The molecule has 3 rings (SSSR count). The predicted octanol–water partition coefficient (Wildman–Crippen LogP) is 2.95. The molecular weight excluding hydrogens is 244 g/mol. The summed E-state index contributed by atoms with van der Waals surface area (Å²) in [4.78, 5) is 4.61. The van der Waals surface area contributed by atoms with Gasteiger partial charge in [0.15, 0.2) is 5.13 Å². The number of benzene rings is 1. The van der Waals surface area contributed by atoms with E-state index in [0.29, 0.717) is 0 Å². The lowest BCUT2D eigenvalue weighted by Gasteiger charge is -1.98. The number of nitrogens with one attached hydrogen (secondary N) is 1. The van der Waals surface area contributed by atoms with Crippen LogP contribution in [0.2, 0.25) is 0 Å². The number of aryl methyl sites for hydroxylation is 2. The lowest BCUT2D eigenvalue weighted by molar-refractivity contribution is 0.767. The zero-order valence-electron chi connectivity index (χ0n) is 10.3. The van der Waals surface area contributed by atoms with Gasteiger partial charge in [-0.25, -0.2) is 4.98 Å². The first kappa shape index (κ1) is 11.2. The van der Waals surface area contributed by atoms with E-state index in [1.54, 1.807) is 16.0 Å². The highest BCUT2D eigenvalue weighted by molar-refractivity contribution is 7.22. The van der Waals surface area contributed by atoms with Crippen LogP contribution in [-0.4, -0.2) is 14.8 Å². The Morgan fingerprint density at radius 2 is 2.28 bits per heavy atom. The molecule has 2 aromatic heterocycles. The van der Waals surface area contributed by atoms with Gasteiger partial charge in [0, 0.05) is 25.4 Å². The van der Waals surface area contributed by atoms with Gasteiger partial charge >= 0.3 is 0 Å². The minimum Gasteiger partial charge on any atom is -0.357 e. The molecular formula is C13H14N4S. The third kappa shape index (κ3) is 2.09. The van der Waals surface area contributed by atoms with Crippen molar-refractivity contribution in [1.29, 1.82) is 0 Å². The Labute approximate surface area is 109 Å². The number of nitrogens with zero attached hydrogens (tertiary/aromatic N) is 3. The standard InChI is InChI=1S/C13H14N4S/c1-9-4-3-5-11-12(9)16-13(18-11)14-6-10-7-15-17(2)8-10/h3-5,7-8H,6H2,1-2H3,(H,14,16). The van der Waals surface area contributed by atoms with Crippen LogP contribution in [0.15, 0.2) is 30.6 Å². The van der Waals surface area contributed by atoms with E-state index in [2.05, 4.69) is 40.5 Å². The fourth-order valence-electron chi connectivity index (χ4n) is 1.90. The van der Waals surface area contributed by atoms with Crippen LogP contribution in [0.3, 0.4) is 0 Å². The average Bonchev–Trinajstić information content (AvgIpc) is 2.93. The van der Waals surface area contributed by atoms with E-state index >= 15 is 0 Å². The third-order valence-corrected chi connectivity index (χ3v) is 3.80. The monoisotopic (exact) mass is 258 g/mol. The summed E-state index contributed by atoms with van der Waals surface area (Å²) < 4.78 is 3.03. The molecule has 5 heteroatoms. The minimum absolute atomic E-state index is 0.757. The van der Waals surface area contributed by atoms with Crippen molar-refractivity contribution in [3.05, 3.63) is 41.7 Å². The number of fused-ring (bicyclic) bond motifs is 1. The molecule has 0 unspecified atom stereocenters. The van der Waals surface area contributed by atoms with E-state index in [1.165, 1.54) is 10.3 Å². The van der Waals surface area contributed by atoms with Crippen molar-refractivity contribution in [2.75, 3.05) is 5.32 Å². The van der Waals surface area contributed by atoms with Crippen molar-refractivity contribution < 1.29 is 0 Å². The number of rotatable bonds is 3. The Morgan fingerprint density at radius 3 is 3.00 bits per heavy atom. The quantitative estimate of drug-likeness (QED) is 0.785. The summed E-state index contributed by atoms with van der Waals surface area (Å²) in [6, 6.07) is 6.27. The van der Waals surface area contributed by atoms with Crippen molar-refractivity contribution >= 4 is 26.7 Å². The van der Waals surface area contributed by atoms with E-state index in [1.807, 2.05) is 19.4 Å². The number of hydrogen-bond acceptors (Lipinski definition) is 4. The molecule has 92 valence electrons. The topological polar surface area (TPSA) is 42.7 Å². The van der Waals surface area contributed by atoms with E-state index in [0.717, 1.165) is 22.8 Å². The summed E-state index contributed by atoms with van der Waals surface area (Å²) in [5, 5.41) is 8.45. The van der Waals surface area contributed by atoms with E-state index in [-0.39, 0.29) is 0 Å². The lowest BCUT2D eigenvalue weighted by Crippen LogP contribution is -1.97. The van der Waals surface area contributed by atoms with Crippen LogP contribution in [0, 0.1) is 6.92 Å². The fourth-order valence-corrected chi connectivity index (χ4v) is 2.84. The molecule has 0 spiro atoms. The number of thiazole rings is 1. The Bertz CT molecular complexity index is 683. The van der Waals surface area contributed by atoms with Crippen LogP contribution in [0.1, 0.15) is 11.1 Å². The van der Waals surface area contributed by atoms with Gasteiger partial charge in [0.2, 0.25) is 0 Å². The number of para-hydroxylation sites is 1. The summed E-state index contributed by atoms with van der Waals surface area (Å²) in [7, 11) is 1.92. The highest BCUT2D eigenvalue weighted by Crippen LogP contribution is 2.28. The van der Waals surface area contributed by atoms with Crippen molar-refractivity contribution in [3.8, 4) is 0 Å². The molecule has 0 bridgehead atoms. The Balaban J connectivity index is 1.81. The van der Waals surface area contributed by atoms with E-state index in [9.17, 15) is 0 Å². The molecule has 4 nitrogen and oxygen atoms in total. The molecule has 0 amide bonds. The van der Waals surface area contributed by atoms with Gasteiger partial charge < -0.3 is 5.32 Å². The fraction of sp³-hybridized carbons (Fsp3) is 0.231. The van der Waals surface area contributed by atoms with Crippen LogP contribution in [0.4, 0.5) is 5.13 Å². The first-order valence-electron chi connectivity index (χ1n) is 5.80. The molecule has 0 aliphatic heterocycles. The molecule has 0 saturated carbocycles. The minimum atomic E-state index is 0.757. The number of aromatic nitrogens is 3. The SMILES string of the molecule is Cc1cccc2sc(NCc3cnn(C)c3)nc12. The van der Waals surface area contributed by atoms with Gasteiger partial charge in [-0.05, 0) is 18.6 Å². The lowest BCUT2D eigenvalue weighted by atomic mass is 10.2. The Kier molecular flexibility index (Phi) is 2.76. The Morgan fingerprint density at radius 1 is 1.39 bits per heavy atom. The van der Waals surface area contributed by atoms with Crippen LogP contribution in [0.5, 0.6) is 0 Å². The molecule has 1 N–H and O–H groups in total. The highest BCUT2D eigenvalue weighted by Gasteiger charge is 2.05. The average molecular weight is 258 g/mol. The van der Waals surface area contributed by atoms with Gasteiger partial charge in [-0.1, -0.05) is 23.5 Å². The molecule has 0 aliphatic carbocycles. The number of anilines is 1. The second-order valence-electron chi connectivity index (χ2n) is 4.32. The van der Waals surface area contributed by atoms with Gasteiger partial charge in [0.05, 0.1) is 16.4 Å². The second-order valence-corrected chi connectivity index (χ2v) is 5.35. The molecule has 0 radical (unpaired) electrons. The van der Waals surface area contributed by atoms with Gasteiger partial charge in [0.25, 0.3) is 0 Å². The van der Waals surface area contributed by atoms with Gasteiger partial charge in [-0.2, -0.15) is 5.10 Å². The molecule has 0 saturated heterocycles. The predicted molar refractivity (Wildman–Crippen MR) is 74.9 cm³/mol. The number of hydrogen-bond donors (Lipinski definition) is 1. The zero-order chi connectivity index (χ0) is 12.5. The molecule has 2 heterocycles. The van der Waals surface area contributed by atoms with Crippen LogP contribution in [0.25, 0.3) is 10.2 Å². The van der Waals surface area contributed by atoms with Crippen molar-refractivity contribution in [2.45, 2.75) is 13.5 Å². The summed E-state index contributed by atoms with van der Waals surface area (Å²) >= 11 is 1.69. The molecule has 1 aromatic carbocycles. The molecule has 0 fully saturated rings. The first-order valence-corrected chi connectivity index (χ1v) is 6.61. The smallest absolute Gasteiger partial charge is 0.184 e. The zero-order valence-corrected chi connectivity index (χ0v) is 11.2. The summed E-state index contributed by atoms with van der Waals surface area (Å²) in [5.41, 5.74) is 3.47. The molecule has 0 aliphatic rings. The first-order chi connectivity index (χ1) is 8.72. The van der Waals surface area contributed by atoms with Gasteiger partial charge in [-0.3, -0.25) is 4.68 Å². The van der Waals surface area contributed by atoms with E-state index in [4.69, 9.17) is 0 Å². The Hall–Kier alpha value is -1.88. The van der Waals surface area contributed by atoms with Crippen molar-refractivity contribution in [3.63, 3.8) is 0 Å². The van der Waals surface area contributed by atoms with Crippen LogP contribution >= 0.6 is 11.3 Å². The normalized spacial score (nSPS) is 11.0. The highest BCUT2D eigenvalue weighted by atomic mass is 32.1. The summed E-state index contributed by atoms with van der Waals surface area (Å²) in [5.74, 6) is 0. The molecule has 0 atom stereocenters. The third-order valence-electron chi connectivity index (χ3n) is 2.82. The summed E-state index contributed by atoms with van der Waals surface area (Å²) in [6.45, 7) is 2.85. The van der Waals surface area contributed by atoms with E-state index < -0.39 is 0 Å². The maximum absolute atomic E-state index is 4.61. The molecule has 3 aromatic rings. The molecule has 18 heavy (non-hydrogen) atoms. The van der Waals surface area contributed by atoms with Gasteiger partial charge in [0.1, 0.15) is 0 Å². The van der Waals surface area contributed by atoms with Gasteiger partial charge in [-0.15, -0.1) is 0 Å². The van der Waals surface area contributed by atoms with Crippen molar-refractivity contribution in [1.82, 2.24) is 14.8 Å².